The van der Waals surface area contributed by atoms with Crippen molar-refractivity contribution in [2.24, 2.45) is 4.99 Å². The zero-order valence-corrected chi connectivity index (χ0v) is 17.8. The summed E-state index contributed by atoms with van der Waals surface area (Å²) in [5, 5.41) is 6.23. The molecule has 0 spiro atoms. The number of guanidine groups is 1. The number of aromatic nitrogens is 1. The topological polar surface area (TPSA) is 77.0 Å². The van der Waals surface area contributed by atoms with Crippen LogP contribution in [0.25, 0.3) is 0 Å². The average molecular weight is 512 g/mol. The van der Waals surface area contributed by atoms with Gasteiger partial charge in [0.1, 0.15) is 5.75 Å². The molecule has 3 rings (SSSR count). The van der Waals surface area contributed by atoms with Gasteiger partial charge in [-0.1, -0.05) is 0 Å². The summed E-state index contributed by atoms with van der Waals surface area (Å²) in [4.78, 5) is 9.42. The van der Waals surface area contributed by atoms with Gasteiger partial charge in [-0.15, -0.1) is 35.3 Å². The van der Waals surface area contributed by atoms with E-state index in [0.717, 1.165) is 10.6 Å². The number of nitrogens with one attached hydrogen (secondary N) is 2. The van der Waals surface area contributed by atoms with E-state index in [1.54, 1.807) is 30.0 Å². The quantitative estimate of drug-likeness (QED) is 0.352. The Balaban J connectivity index is 0.00000261. The van der Waals surface area contributed by atoms with Gasteiger partial charge >= 0.3 is 6.61 Å². The van der Waals surface area contributed by atoms with Crippen molar-refractivity contribution < 1.29 is 23.0 Å². The van der Waals surface area contributed by atoms with Crippen LogP contribution in [0.2, 0.25) is 0 Å². The van der Waals surface area contributed by atoms with Crippen LogP contribution >= 0.6 is 35.3 Å². The molecule has 1 aliphatic rings. The number of rotatable bonds is 6. The Morgan fingerprint density at radius 2 is 2.00 bits per heavy atom. The number of halogens is 3. The minimum Gasteiger partial charge on any atom is -0.454 e. The summed E-state index contributed by atoms with van der Waals surface area (Å²) in [5.74, 6) is 1.43. The third kappa shape index (κ3) is 5.54. The summed E-state index contributed by atoms with van der Waals surface area (Å²) in [6.07, 6.45) is 0. The molecule has 0 radical (unpaired) electrons. The standard InChI is InChI=1S/C16H18F2N4O3S.HI/c1-9-14(26-7-22-9)6-21-16(19-2)20-5-10-3-12-13(24-8-23-12)4-11(10)25-15(17)18;/h3-4,7,15H,5-6,8H2,1-2H3,(H2,19,20,21);1H. The number of alkyl halides is 2. The predicted molar refractivity (Wildman–Crippen MR) is 109 cm³/mol. The van der Waals surface area contributed by atoms with E-state index in [1.807, 2.05) is 6.92 Å². The molecule has 1 aromatic carbocycles. The van der Waals surface area contributed by atoms with Crippen LogP contribution in [-0.4, -0.2) is 31.4 Å². The lowest BCUT2D eigenvalue weighted by Gasteiger charge is -2.15. The van der Waals surface area contributed by atoms with E-state index in [0.29, 0.717) is 29.6 Å². The molecular weight excluding hydrogens is 493 g/mol. The molecule has 0 atom stereocenters. The Kier molecular flexibility index (Phi) is 7.83. The van der Waals surface area contributed by atoms with E-state index in [4.69, 9.17) is 9.47 Å². The van der Waals surface area contributed by atoms with E-state index in [-0.39, 0.29) is 43.1 Å². The van der Waals surface area contributed by atoms with E-state index in [9.17, 15) is 8.78 Å². The highest BCUT2D eigenvalue weighted by molar-refractivity contribution is 14.0. The van der Waals surface area contributed by atoms with Gasteiger partial charge in [0.2, 0.25) is 6.79 Å². The Hall–Kier alpha value is -1.89. The molecule has 11 heteroatoms. The number of aryl methyl sites for hydroxylation is 1. The molecule has 0 amide bonds. The van der Waals surface area contributed by atoms with Crippen molar-refractivity contribution in [3.05, 3.63) is 33.8 Å². The summed E-state index contributed by atoms with van der Waals surface area (Å²) < 4.78 is 40.5. The molecule has 0 bridgehead atoms. The number of fused-ring (bicyclic) bond motifs is 1. The lowest BCUT2D eigenvalue weighted by Crippen LogP contribution is -2.36. The highest BCUT2D eigenvalue weighted by atomic mass is 127. The molecule has 27 heavy (non-hydrogen) atoms. The summed E-state index contributed by atoms with van der Waals surface area (Å²) in [6, 6.07) is 3.02. The average Bonchev–Trinajstić information content (AvgIpc) is 3.22. The fourth-order valence-corrected chi connectivity index (χ4v) is 3.09. The number of benzene rings is 1. The van der Waals surface area contributed by atoms with Crippen molar-refractivity contribution in [1.29, 1.82) is 0 Å². The van der Waals surface area contributed by atoms with Crippen molar-refractivity contribution >= 4 is 41.3 Å². The fraction of sp³-hybridized carbons (Fsp3) is 0.375. The molecule has 2 aromatic rings. The lowest BCUT2D eigenvalue weighted by atomic mass is 10.1. The first-order chi connectivity index (χ1) is 12.6. The van der Waals surface area contributed by atoms with Gasteiger partial charge in [-0.3, -0.25) is 4.99 Å². The van der Waals surface area contributed by atoms with Crippen molar-refractivity contribution in [3.63, 3.8) is 0 Å². The Morgan fingerprint density at radius 1 is 1.30 bits per heavy atom. The van der Waals surface area contributed by atoms with Crippen molar-refractivity contribution in [2.75, 3.05) is 13.8 Å². The Morgan fingerprint density at radius 3 is 2.63 bits per heavy atom. The number of hydrogen-bond donors (Lipinski definition) is 2. The van der Waals surface area contributed by atoms with Gasteiger partial charge in [0.05, 0.1) is 17.7 Å². The molecule has 2 N–H and O–H groups in total. The molecule has 0 aliphatic carbocycles. The second-order valence-corrected chi connectivity index (χ2v) is 6.27. The van der Waals surface area contributed by atoms with Gasteiger partial charge in [0, 0.05) is 30.1 Å². The van der Waals surface area contributed by atoms with Gasteiger partial charge in [-0.2, -0.15) is 8.78 Å². The second kappa shape index (κ2) is 9.88. The summed E-state index contributed by atoms with van der Waals surface area (Å²) in [5.41, 5.74) is 3.25. The highest BCUT2D eigenvalue weighted by Crippen LogP contribution is 2.38. The third-order valence-electron chi connectivity index (χ3n) is 3.70. The molecule has 7 nitrogen and oxygen atoms in total. The maximum atomic E-state index is 12.7. The summed E-state index contributed by atoms with van der Waals surface area (Å²) in [6.45, 7) is -0.152. The van der Waals surface area contributed by atoms with E-state index in [2.05, 4.69) is 25.3 Å². The molecule has 1 aliphatic heterocycles. The Labute approximate surface area is 176 Å². The normalized spacial score (nSPS) is 12.7. The van der Waals surface area contributed by atoms with Crippen molar-refractivity contribution in [2.45, 2.75) is 26.6 Å². The Bertz CT molecular complexity index is 804. The number of nitrogens with zero attached hydrogens (tertiary/aromatic N) is 2. The summed E-state index contributed by atoms with van der Waals surface area (Å²) in [7, 11) is 1.63. The first-order valence-corrected chi connectivity index (χ1v) is 8.65. The van der Waals surface area contributed by atoms with Crippen LogP contribution in [0.4, 0.5) is 8.78 Å². The van der Waals surface area contributed by atoms with Crippen LogP contribution in [0, 0.1) is 6.92 Å². The third-order valence-corrected chi connectivity index (χ3v) is 4.64. The smallest absolute Gasteiger partial charge is 0.387 e. The molecule has 0 unspecified atom stereocenters. The second-order valence-electron chi connectivity index (χ2n) is 5.33. The van der Waals surface area contributed by atoms with E-state index in [1.165, 1.54) is 6.07 Å². The van der Waals surface area contributed by atoms with Crippen molar-refractivity contribution in [1.82, 2.24) is 15.6 Å². The first-order valence-electron chi connectivity index (χ1n) is 7.77. The number of thiazole rings is 1. The van der Waals surface area contributed by atoms with Crippen LogP contribution < -0.4 is 24.8 Å². The van der Waals surface area contributed by atoms with Crippen LogP contribution in [0.1, 0.15) is 16.1 Å². The SMILES string of the molecule is CN=C(NCc1cc2c(cc1OC(F)F)OCO2)NCc1scnc1C.I. The van der Waals surface area contributed by atoms with Crippen LogP contribution in [0.5, 0.6) is 17.2 Å². The molecule has 148 valence electrons. The maximum absolute atomic E-state index is 12.7. The fourth-order valence-electron chi connectivity index (χ4n) is 2.37. The van der Waals surface area contributed by atoms with Gasteiger partial charge in [0.25, 0.3) is 0 Å². The van der Waals surface area contributed by atoms with Gasteiger partial charge in [-0.05, 0) is 13.0 Å². The minimum atomic E-state index is -2.93. The monoisotopic (exact) mass is 512 g/mol. The largest absolute Gasteiger partial charge is 0.454 e. The van der Waals surface area contributed by atoms with Crippen LogP contribution in [0.15, 0.2) is 22.6 Å². The molecule has 0 saturated carbocycles. The maximum Gasteiger partial charge on any atom is 0.387 e. The first kappa shape index (κ1) is 21.4. The van der Waals surface area contributed by atoms with E-state index >= 15 is 0 Å². The number of aliphatic imine (C=N–C) groups is 1. The molecule has 0 saturated heterocycles. The lowest BCUT2D eigenvalue weighted by molar-refractivity contribution is -0.0505. The highest BCUT2D eigenvalue weighted by Gasteiger charge is 2.20. The molecular formula is C16H19F2IN4O3S. The van der Waals surface area contributed by atoms with Gasteiger partial charge in [-0.25, -0.2) is 4.98 Å². The van der Waals surface area contributed by atoms with Gasteiger partial charge < -0.3 is 24.8 Å². The summed E-state index contributed by atoms with van der Waals surface area (Å²) >= 11 is 1.55. The number of ether oxygens (including phenoxy) is 3. The zero-order valence-electron chi connectivity index (χ0n) is 14.6. The molecule has 0 fully saturated rings. The number of hydrogen-bond acceptors (Lipinski definition) is 6. The van der Waals surface area contributed by atoms with Crippen LogP contribution in [-0.2, 0) is 13.1 Å². The predicted octanol–water partition coefficient (Wildman–Crippen LogP) is 3.26. The molecule has 2 heterocycles. The molecule has 1 aromatic heterocycles. The van der Waals surface area contributed by atoms with Crippen molar-refractivity contribution in [3.8, 4) is 17.2 Å². The minimum absolute atomic E-state index is 0. The zero-order chi connectivity index (χ0) is 18.5. The van der Waals surface area contributed by atoms with E-state index < -0.39 is 6.61 Å². The van der Waals surface area contributed by atoms with Gasteiger partial charge in [0.15, 0.2) is 17.5 Å². The van der Waals surface area contributed by atoms with Crippen LogP contribution in [0.3, 0.4) is 0 Å².